The first-order chi connectivity index (χ1) is 18.6. The molecule has 38 heavy (non-hydrogen) atoms. The SMILES string of the molecule is CCCCCCCCCCCCCCOc1cccc(CC(=O)Nc2ccccc2C[n+]2csc(C)c2)c1. The molecule has 0 saturated carbocycles. The van der Waals surface area contributed by atoms with E-state index in [0.717, 1.165) is 42.1 Å². The molecule has 0 unspecified atom stereocenters. The Hall–Kier alpha value is -2.66. The molecule has 1 N–H and O–H groups in total. The number of hydrogen-bond acceptors (Lipinski definition) is 3. The van der Waals surface area contributed by atoms with Gasteiger partial charge in [0, 0.05) is 5.56 Å². The second-order valence-corrected chi connectivity index (χ2v) is 11.5. The lowest BCUT2D eigenvalue weighted by molar-refractivity contribution is -0.683. The van der Waals surface area contributed by atoms with E-state index in [0.29, 0.717) is 6.42 Å². The van der Waals surface area contributed by atoms with Crippen molar-refractivity contribution < 1.29 is 14.1 Å². The van der Waals surface area contributed by atoms with E-state index in [2.05, 4.69) is 41.5 Å². The zero-order chi connectivity index (χ0) is 26.8. The second-order valence-electron chi connectivity index (χ2n) is 10.4. The number of nitrogens with one attached hydrogen (secondary N) is 1. The molecule has 206 valence electrons. The maximum Gasteiger partial charge on any atom is 0.228 e. The molecule has 4 nitrogen and oxygen atoms in total. The molecule has 0 aliphatic heterocycles. The van der Waals surface area contributed by atoms with Gasteiger partial charge in [0.1, 0.15) is 5.75 Å². The van der Waals surface area contributed by atoms with E-state index >= 15 is 0 Å². The fraction of sp³-hybridized carbons (Fsp3) is 0.515. The van der Waals surface area contributed by atoms with Crippen LogP contribution in [0.3, 0.4) is 0 Å². The van der Waals surface area contributed by atoms with E-state index in [4.69, 9.17) is 4.74 Å². The zero-order valence-electron chi connectivity index (χ0n) is 23.6. The van der Waals surface area contributed by atoms with Crippen molar-refractivity contribution in [2.24, 2.45) is 0 Å². The van der Waals surface area contributed by atoms with Gasteiger partial charge in [-0.25, -0.2) is 0 Å². The van der Waals surface area contributed by atoms with E-state index in [1.54, 1.807) is 11.3 Å². The van der Waals surface area contributed by atoms with Crippen molar-refractivity contribution >= 4 is 22.9 Å². The summed E-state index contributed by atoms with van der Waals surface area (Å²) in [7, 11) is 0. The minimum atomic E-state index is -0.0120. The lowest BCUT2D eigenvalue weighted by Gasteiger charge is -2.10. The van der Waals surface area contributed by atoms with Gasteiger partial charge in [-0.3, -0.25) is 4.79 Å². The molecular formula is C33H47N2O2S+. The summed E-state index contributed by atoms with van der Waals surface area (Å²) in [5.41, 5.74) is 5.04. The van der Waals surface area contributed by atoms with Gasteiger partial charge in [-0.15, -0.1) is 0 Å². The van der Waals surface area contributed by atoms with Crippen LogP contribution in [0, 0.1) is 6.92 Å². The summed E-state index contributed by atoms with van der Waals surface area (Å²) in [4.78, 5) is 14.1. The van der Waals surface area contributed by atoms with E-state index < -0.39 is 0 Å². The lowest BCUT2D eigenvalue weighted by Crippen LogP contribution is -2.31. The van der Waals surface area contributed by atoms with E-state index in [-0.39, 0.29) is 5.91 Å². The molecule has 1 aromatic heterocycles. The van der Waals surface area contributed by atoms with Gasteiger partial charge in [-0.05, 0) is 37.1 Å². The fourth-order valence-corrected chi connectivity index (χ4v) is 5.40. The highest BCUT2D eigenvalue weighted by atomic mass is 32.1. The maximum atomic E-state index is 12.8. The fourth-order valence-electron chi connectivity index (χ4n) is 4.76. The number of ether oxygens (including phenoxy) is 1. The van der Waals surface area contributed by atoms with Crippen LogP contribution in [0.15, 0.2) is 60.2 Å². The van der Waals surface area contributed by atoms with Gasteiger partial charge < -0.3 is 10.1 Å². The van der Waals surface area contributed by atoms with Crippen LogP contribution in [0.25, 0.3) is 0 Å². The van der Waals surface area contributed by atoms with Crippen LogP contribution in [0.5, 0.6) is 5.75 Å². The molecule has 0 saturated heterocycles. The maximum absolute atomic E-state index is 12.8. The van der Waals surface area contributed by atoms with Gasteiger partial charge in [-0.1, -0.05) is 119 Å². The summed E-state index contributed by atoms with van der Waals surface area (Å²) in [6.45, 7) is 5.85. The highest BCUT2D eigenvalue weighted by Gasteiger charge is 2.12. The molecule has 0 bridgehead atoms. The molecule has 0 fully saturated rings. The number of amides is 1. The predicted octanol–water partition coefficient (Wildman–Crippen LogP) is 8.65. The Morgan fingerprint density at radius 3 is 2.24 bits per heavy atom. The van der Waals surface area contributed by atoms with E-state index in [1.165, 1.54) is 75.5 Å². The number of carbonyl (C=O) groups excluding carboxylic acids is 1. The first-order valence-corrected chi connectivity index (χ1v) is 15.6. The molecule has 3 rings (SSSR count). The number of nitrogens with zero attached hydrogens (tertiary/aromatic N) is 1. The van der Waals surface area contributed by atoms with Gasteiger partial charge in [0.15, 0.2) is 12.7 Å². The number of unbranched alkanes of at least 4 members (excludes halogenated alkanes) is 11. The van der Waals surface area contributed by atoms with Crippen molar-refractivity contribution in [3.8, 4) is 5.75 Å². The van der Waals surface area contributed by atoms with Crippen LogP contribution in [-0.2, 0) is 17.8 Å². The van der Waals surface area contributed by atoms with Crippen molar-refractivity contribution in [3.05, 3.63) is 76.2 Å². The van der Waals surface area contributed by atoms with E-state index in [9.17, 15) is 4.79 Å². The summed E-state index contributed by atoms with van der Waals surface area (Å²) in [5, 5.41) is 3.11. The number of aryl methyl sites for hydroxylation is 1. The summed E-state index contributed by atoms with van der Waals surface area (Å²) < 4.78 is 8.15. The largest absolute Gasteiger partial charge is 0.494 e. The number of aromatic nitrogens is 1. The number of carbonyl (C=O) groups is 1. The van der Waals surface area contributed by atoms with Crippen molar-refractivity contribution in [3.63, 3.8) is 0 Å². The predicted molar refractivity (Wildman–Crippen MR) is 160 cm³/mol. The summed E-state index contributed by atoms with van der Waals surface area (Å²) in [5.74, 6) is 0.838. The zero-order valence-corrected chi connectivity index (χ0v) is 24.4. The third-order valence-corrected chi connectivity index (χ3v) is 7.75. The van der Waals surface area contributed by atoms with Gasteiger partial charge in [0.05, 0.1) is 23.6 Å². The van der Waals surface area contributed by atoms with Crippen LogP contribution in [-0.4, -0.2) is 12.5 Å². The molecule has 0 aliphatic carbocycles. The number of thiazole rings is 1. The normalized spacial score (nSPS) is 11.0. The van der Waals surface area contributed by atoms with Crippen LogP contribution in [0.2, 0.25) is 0 Å². The number of rotatable bonds is 19. The molecule has 0 radical (unpaired) electrons. The third-order valence-electron chi connectivity index (χ3n) is 6.90. The van der Waals surface area contributed by atoms with Crippen molar-refractivity contribution in [2.45, 2.75) is 104 Å². The lowest BCUT2D eigenvalue weighted by atomic mass is 10.1. The Labute approximate surface area is 234 Å². The molecule has 0 atom stereocenters. The Kier molecular flexibility index (Phi) is 14.0. The molecule has 2 aromatic carbocycles. The monoisotopic (exact) mass is 535 g/mol. The second kappa shape index (κ2) is 17.8. The Morgan fingerprint density at radius 2 is 1.55 bits per heavy atom. The van der Waals surface area contributed by atoms with Crippen LogP contribution in [0.4, 0.5) is 5.69 Å². The van der Waals surface area contributed by atoms with Crippen LogP contribution < -0.4 is 14.6 Å². The minimum absolute atomic E-state index is 0.0120. The molecule has 0 spiro atoms. The van der Waals surface area contributed by atoms with Gasteiger partial charge >= 0.3 is 0 Å². The average molecular weight is 536 g/mol. The molecule has 5 heteroatoms. The molecule has 1 amide bonds. The summed E-state index contributed by atoms with van der Waals surface area (Å²) >= 11 is 1.73. The number of anilines is 1. The standard InChI is InChI=1S/C33H46N2O2S/c1-3-4-5-6-7-8-9-10-11-12-13-16-22-37-31-20-17-18-29(23-31)24-33(36)34-32-21-15-14-19-30(32)26-35-25-28(2)38-27-35/h14-15,17-21,23,25,27H,3-13,16,22,24,26H2,1-2H3/p+1. The highest BCUT2D eigenvalue weighted by Crippen LogP contribution is 2.18. The van der Waals surface area contributed by atoms with Crippen molar-refractivity contribution in [2.75, 3.05) is 11.9 Å². The molecular weight excluding hydrogens is 488 g/mol. The van der Waals surface area contributed by atoms with Gasteiger partial charge in [0.2, 0.25) is 11.4 Å². The summed E-state index contributed by atoms with van der Waals surface area (Å²) in [6.07, 6.45) is 18.5. The number of benzene rings is 2. The first kappa shape index (κ1) is 29.9. The van der Waals surface area contributed by atoms with Crippen molar-refractivity contribution in [1.29, 1.82) is 0 Å². The highest BCUT2D eigenvalue weighted by molar-refractivity contribution is 7.09. The van der Waals surface area contributed by atoms with Gasteiger partial charge in [-0.2, -0.15) is 4.57 Å². The van der Waals surface area contributed by atoms with E-state index in [1.807, 2.05) is 42.5 Å². The molecule has 0 aliphatic rings. The molecule has 1 heterocycles. The minimum Gasteiger partial charge on any atom is -0.494 e. The quantitative estimate of drug-likeness (QED) is 0.123. The Bertz CT molecular complexity index is 1080. The van der Waals surface area contributed by atoms with Gasteiger partial charge in [0.25, 0.3) is 0 Å². The smallest absolute Gasteiger partial charge is 0.228 e. The average Bonchev–Trinajstić information content (AvgIpc) is 3.32. The van der Waals surface area contributed by atoms with Crippen LogP contribution >= 0.6 is 11.3 Å². The first-order valence-electron chi connectivity index (χ1n) is 14.7. The number of hydrogen-bond donors (Lipinski definition) is 1. The third kappa shape index (κ3) is 11.8. The summed E-state index contributed by atoms with van der Waals surface area (Å²) in [6, 6.07) is 16.0. The topological polar surface area (TPSA) is 42.2 Å². The number of para-hydroxylation sites is 1. The molecule has 3 aromatic rings. The Morgan fingerprint density at radius 1 is 0.868 bits per heavy atom. The van der Waals surface area contributed by atoms with Crippen molar-refractivity contribution in [1.82, 2.24) is 0 Å². The van der Waals surface area contributed by atoms with Crippen LogP contribution in [0.1, 0.15) is 100.0 Å². The Balaban J connectivity index is 1.32.